The van der Waals surface area contributed by atoms with Gasteiger partial charge in [-0.05, 0) is 57.9 Å². The van der Waals surface area contributed by atoms with Crippen LogP contribution in [0.2, 0.25) is 0 Å². The number of thioether (sulfide) groups is 1. The lowest BCUT2D eigenvalue weighted by atomic mass is 9.68. The highest BCUT2D eigenvalue weighted by molar-refractivity contribution is 8.06. The third-order valence-electron chi connectivity index (χ3n) is 7.97. The second-order valence-corrected chi connectivity index (χ2v) is 12.3. The second kappa shape index (κ2) is 11.4. The molecule has 1 aromatic rings. The summed E-state index contributed by atoms with van der Waals surface area (Å²) in [6.07, 6.45) is 3.59. The van der Waals surface area contributed by atoms with Gasteiger partial charge in [0.15, 0.2) is 0 Å². The Morgan fingerprint density at radius 2 is 2.03 bits per heavy atom. The Labute approximate surface area is 230 Å². The maximum atomic E-state index is 13.0. The van der Waals surface area contributed by atoms with Crippen LogP contribution in [0.4, 0.5) is 4.79 Å². The molecule has 2 unspecified atom stereocenters. The van der Waals surface area contributed by atoms with Crippen LogP contribution in [0.3, 0.4) is 0 Å². The minimum absolute atomic E-state index is 0.0422. The minimum atomic E-state index is -1.23. The first kappa shape index (κ1) is 28.6. The molecule has 2 fully saturated rings. The number of carboxylic acid groups (broad SMARTS) is 1. The smallest absolute Gasteiger partial charge is 0.410 e. The van der Waals surface area contributed by atoms with Gasteiger partial charge in [-0.2, -0.15) is 0 Å². The molecule has 0 spiro atoms. The first-order chi connectivity index (χ1) is 18.0. The third kappa shape index (κ3) is 4.99. The summed E-state index contributed by atoms with van der Waals surface area (Å²) >= 11 is 2.53. The molecular formula is C26H35N3O7S2. The highest BCUT2D eigenvalue weighted by atomic mass is 32.2. The maximum Gasteiger partial charge on any atom is 0.410 e. The number of thiazole rings is 1. The molecule has 4 rings (SSSR count). The molecule has 2 saturated heterocycles. The number of aliphatic carboxylic acids is 1. The van der Waals surface area contributed by atoms with Crippen molar-refractivity contribution in [2.24, 2.45) is 11.3 Å². The van der Waals surface area contributed by atoms with E-state index in [0.29, 0.717) is 10.6 Å². The number of aromatic nitrogens is 1. The number of carbonyl (C=O) groups excluding carboxylic acids is 2. The van der Waals surface area contributed by atoms with Crippen molar-refractivity contribution in [3.8, 4) is 0 Å². The van der Waals surface area contributed by atoms with E-state index < -0.39 is 41.4 Å². The Kier molecular flexibility index (Phi) is 8.55. The normalized spacial score (nSPS) is 30.0. The summed E-state index contributed by atoms with van der Waals surface area (Å²) in [4.78, 5) is 46.6. The van der Waals surface area contributed by atoms with Gasteiger partial charge in [0.2, 0.25) is 5.91 Å². The van der Waals surface area contributed by atoms with Crippen molar-refractivity contribution in [1.29, 1.82) is 0 Å². The molecule has 2 amide bonds. The summed E-state index contributed by atoms with van der Waals surface area (Å²) in [6.45, 7) is 7.24. The first-order valence-corrected chi connectivity index (χ1v) is 14.6. The number of hydrogen-bond donors (Lipinski definition) is 3. The van der Waals surface area contributed by atoms with Gasteiger partial charge in [-0.15, -0.1) is 11.3 Å². The van der Waals surface area contributed by atoms with Crippen molar-refractivity contribution in [2.45, 2.75) is 84.2 Å². The Hall–Kier alpha value is -2.41. The van der Waals surface area contributed by atoms with Gasteiger partial charge in [-0.1, -0.05) is 18.7 Å². The highest BCUT2D eigenvalue weighted by Gasteiger charge is 2.66. The predicted molar refractivity (Wildman–Crippen MR) is 144 cm³/mol. The molecule has 208 valence electrons. The van der Waals surface area contributed by atoms with E-state index in [2.05, 4.69) is 4.98 Å². The number of carboxylic acids is 1. The molecule has 3 aliphatic heterocycles. The Morgan fingerprint density at radius 1 is 1.34 bits per heavy atom. The molecule has 0 bridgehead atoms. The molecule has 3 aliphatic rings. The minimum Gasteiger partial charge on any atom is -0.477 e. The number of hydrogen-bond acceptors (Lipinski definition) is 9. The predicted octanol–water partition coefficient (Wildman–Crippen LogP) is 3.65. The summed E-state index contributed by atoms with van der Waals surface area (Å²) < 4.78 is 5.71. The number of aliphatic hydroxyl groups excluding tert-OH is 2. The number of amides is 2. The van der Waals surface area contributed by atoms with Crippen LogP contribution in [0.5, 0.6) is 0 Å². The number of likely N-dealkylation sites (tertiary alicyclic amines) is 1. The van der Waals surface area contributed by atoms with E-state index in [9.17, 15) is 29.7 Å². The molecule has 0 radical (unpaired) electrons. The topological polar surface area (TPSA) is 140 Å². The molecule has 4 heterocycles. The lowest BCUT2D eigenvalue weighted by Gasteiger charge is -2.50. The number of aliphatic hydroxyl groups is 2. The lowest BCUT2D eigenvalue weighted by Crippen LogP contribution is -2.66. The Morgan fingerprint density at radius 3 is 2.63 bits per heavy atom. The van der Waals surface area contributed by atoms with Crippen molar-refractivity contribution in [1.82, 2.24) is 14.8 Å². The van der Waals surface area contributed by atoms with Crippen LogP contribution in [0.15, 0.2) is 21.5 Å². The molecule has 0 saturated carbocycles. The Balaban J connectivity index is 1.59. The van der Waals surface area contributed by atoms with Crippen molar-refractivity contribution >= 4 is 47.1 Å². The summed E-state index contributed by atoms with van der Waals surface area (Å²) in [5, 5.41) is 31.7. The van der Waals surface area contributed by atoms with Gasteiger partial charge >= 0.3 is 12.1 Å². The van der Waals surface area contributed by atoms with Gasteiger partial charge in [0, 0.05) is 22.4 Å². The van der Waals surface area contributed by atoms with Crippen LogP contribution >= 0.6 is 23.1 Å². The average molecular weight is 566 g/mol. The zero-order valence-corrected chi connectivity index (χ0v) is 23.6. The molecule has 0 aliphatic carbocycles. The molecule has 12 heteroatoms. The second-order valence-electron chi connectivity index (χ2n) is 10.5. The summed E-state index contributed by atoms with van der Waals surface area (Å²) in [5.41, 5.74) is 1.17. The summed E-state index contributed by atoms with van der Waals surface area (Å²) in [7, 11) is 0. The van der Waals surface area contributed by atoms with Crippen LogP contribution in [0.1, 0.15) is 63.9 Å². The molecule has 6 atom stereocenters. The molecule has 10 nitrogen and oxygen atoms in total. The first-order valence-electron chi connectivity index (χ1n) is 12.8. The van der Waals surface area contributed by atoms with E-state index in [4.69, 9.17) is 4.74 Å². The molecule has 0 aromatic carbocycles. The van der Waals surface area contributed by atoms with Crippen LogP contribution in [-0.2, 0) is 20.9 Å². The largest absolute Gasteiger partial charge is 0.477 e. The van der Waals surface area contributed by atoms with Gasteiger partial charge in [-0.25, -0.2) is 14.6 Å². The van der Waals surface area contributed by atoms with Gasteiger partial charge in [0.05, 0.1) is 47.4 Å². The van der Waals surface area contributed by atoms with Crippen LogP contribution in [0.25, 0.3) is 6.08 Å². The van der Waals surface area contributed by atoms with Crippen molar-refractivity contribution in [3.05, 3.63) is 32.1 Å². The third-order valence-corrected chi connectivity index (χ3v) is 9.97. The molecule has 1 aromatic heterocycles. The number of carbonyl (C=O) groups is 3. The maximum absolute atomic E-state index is 13.0. The Bertz CT molecular complexity index is 1140. The molecule has 38 heavy (non-hydrogen) atoms. The summed E-state index contributed by atoms with van der Waals surface area (Å²) in [5.74, 6) is -2.41. The van der Waals surface area contributed by atoms with Crippen LogP contribution in [0, 0.1) is 11.3 Å². The van der Waals surface area contributed by atoms with Gasteiger partial charge in [0.1, 0.15) is 5.70 Å². The van der Waals surface area contributed by atoms with Crippen molar-refractivity contribution in [3.63, 3.8) is 0 Å². The highest BCUT2D eigenvalue weighted by Crippen LogP contribution is 2.59. The number of fused-ring (bicyclic) bond motifs is 1. The molecule has 3 N–H and O–H groups in total. The van der Waals surface area contributed by atoms with Crippen molar-refractivity contribution in [2.75, 3.05) is 6.61 Å². The number of rotatable bonds is 9. The monoisotopic (exact) mass is 565 g/mol. The van der Waals surface area contributed by atoms with Gasteiger partial charge in [-0.3, -0.25) is 4.79 Å². The van der Waals surface area contributed by atoms with Crippen molar-refractivity contribution < 1.29 is 34.4 Å². The van der Waals surface area contributed by atoms with Crippen LogP contribution < -0.4 is 0 Å². The SMILES string of the molecule is C[C@@H]1CCC[C@H](C)N1C(=O)OCCC1(C)C(SC=Cc2scnc2CO)=C(C(=O)O)N2C(=O)C([C@@H](C)O)[C@@H]21. The zero-order chi connectivity index (χ0) is 27.8. The van der Waals surface area contributed by atoms with E-state index in [-0.39, 0.29) is 37.4 Å². The standard InChI is InChI=1S/C26H35N3O7S2/c1-14-6-5-7-15(2)28(14)25(35)36-10-9-26(4)21-19(16(3)31)23(32)29(21)20(24(33)34)22(26)37-11-8-18-17(12-30)27-13-38-18/h8,11,13-16,19,21,30-31H,5-7,9-10,12H2,1-4H3,(H,33,34)/t14-,15+,16-,19?,21-,26?/m1/s1. The number of β-lactam (4-membered cyclic amide) rings is 1. The quantitative estimate of drug-likeness (QED) is 0.383. The summed E-state index contributed by atoms with van der Waals surface area (Å²) in [6, 6.07) is -0.407. The fourth-order valence-electron chi connectivity index (χ4n) is 5.98. The van der Waals surface area contributed by atoms with E-state index in [1.54, 1.807) is 21.9 Å². The number of piperidine rings is 1. The van der Waals surface area contributed by atoms with E-state index >= 15 is 0 Å². The fraction of sp³-hybridized carbons (Fsp3) is 0.615. The van der Waals surface area contributed by atoms with Gasteiger partial charge < -0.3 is 29.9 Å². The average Bonchev–Trinajstić information content (AvgIpc) is 3.38. The fourth-order valence-corrected chi connectivity index (χ4v) is 7.89. The lowest BCUT2D eigenvalue weighted by molar-refractivity contribution is -0.167. The number of ether oxygens (including phenoxy) is 1. The van der Waals surface area contributed by atoms with Gasteiger partial charge in [0.25, 0.3) is 0 Å². The number of nitrogens with zero attached hydrogens (tertiary/aromatic N) is 3. The zero-order valence-electron chi connectivity index (χ0n) is 22.0. The van der Waals surface area contributed by atoms with E-state index in [1.807, 2.05) is 20.8 Å². The van der Waals surface area contributed by atoms with E-state index in [1.165, 1.54) is 34.9 Å². The van der Waals surface area contributed by atoms with E-state index in [0.717, 1.165) is 24.1 Å². The molecular weight excluding hydrogens is 530 g/mol. The van der Waals surface area contributed by atoms with Crippen LogP contribution in [-0.4, -0.2) is 78.9 Å².